The number of nitrogens with zero attached hydrogens (tertiary/aromatic N) is 1. The van der Waals surface area contributed by atoms with E-state index in [0.717, 1.165) is 19.3 Å². The molecule has 0 aromatic heterocycles. The van der Waals surface area contributed by atoms with Crippen LogP contribution in [0.3, 0.4) is 0 Å². The maximum atomic E-state index is 12.2. The summed E-state index contributed by atoms with van der Waals surface area (Å²) in [5.74, 6) is -0.293. The number of carboxylic acid groups (broad SMARTS) is 1. The third-order valence-corrected chi connectivity index (χ3v) is 4.59. The van der Waals surface area contributed by atoms with E-state index in [1.165, 1.54) is 12.8 Å². The summed E-state index contributed by atoms with van der Waals surface area (Å²) in [4.78, 5) is 25.2. The molecule has 1 heterocycles. The minimum atomic E-state index is -0.811. The number of aliphatic carboxylic acids is 1. The predicted octanol–water partition coefficient (Wildman–Crippen LogP) is 3.10. The number of urea groups is 1. The molecular weight excluding hydrogens is 268 g/mol. The number of carbonyl (C=O) groups excluding carboxylic acids is 1. The lowest BCUT2D eigenvalue weighted by molar-refractivity contribution is -0.150. The number of nitrogens with one attached hydrogen (secondary N) is 1. The summed E-state index contributed by atoms with van der Waals surface area (Å²) in [7, 11) is 0. The molecule has 0 aromatic carbocycles. The third-order valence-electron chi connectivity index (χ3n) is 4.59. The van der Waals surface area contributed by atoms with Crippen LogP contribution in [0.4, 0.5) is 4.79 Å². The fourth-order valence-corrected chi connectivity index (χ4v) is 2.87. The molecular formula is C16H30N2O3. The second-order valence-corrected chi connectivity index (χ2v) is 6.49. The Kier molecular flexibility index (Phi) is 6.99. The minimum absolute atomic E-state index is 0.114. The molecule has 1 rings (SSSR count). The SMILES string of the molecule is CCCCC(CC)CNC(=O)N1CCCC(C)(C(=O)O)C1. The Bertz CT molecular complexity index is 359. The van der Waals surface area contributed by atoms with Gasteiger partial charge in [-0.05, 0) is 32.1 Å². The van der Waals surface area contributed by atoms with Gasteiger partial charge in [0.1, 0.15) is 0 Å². The number of piperidine rings is 1. The van der Waals surface area contributed by atoms with Gasteiger partial charge >= 0.3 is 12.0 Å². The Morgan fingerprint density at radius 2 is 2.10 bits per heavy atom. The van der Waals surface area contributed by atoms with Crippen LogP contribution >= 0.6 is 0 Å². The molecule has 2 N–H and O–H groups in total. The number of hydrogen-bond donors (Lipinski definition) is 2. The van der Waals surface area contributed by atoms with Crippen LogP contribution in [0.2, 0.25) is 0 Å². The Hall–Kier alpha value is -1.26. The highest BCUT2D eigenvalue weighted by Crippen LogP contribution is 2.29. The standard InChI is InChI=1S/C16H30N2O3/c1-4-6-8-13(5-2)11-17-15(21)18-10-7-9-16(3,12-18)14(19)20/h13H,4-12H2,1-3H3,(H,17,21)(H,19,20). The van der Waals surface area contributed by atoms with Gasteiger partial charge in [0.25, 0.3) is 0 Å². The summed E-state index contributed by atoms with van der Waals surface area (Å²) in [5, 5.41) is 12.3. The van der Waals surface area contributed by atoms with Crippen LogP contribution < -0.4 is 5.32 Å². The van der Waals surface area contributed by atoms with Crippen molar-refractivity contribution in [2.45, 2.75) is 59.3 Å². The number of carboxylic acids is 1. The average Bonchev–Trinajstić information content (AvgIpc) is 2.47. The van der Waals surface area contributed by atoms with E-state index in [4.69, 9.17) is 0 Å². The number of amides is 2. The summed E-state index contributed by atoms with van der Waals surface area (Å²) >= 11 is 0. The smallest absolute Gasteiger partial charge is 0.317 e. The van der Waals surface area contributed by atoms with E-state index < -0.39 is 11.4 Å². The van der Waals surface area contributed by atoms with Crippen LogP contribution in [0.15, 0.2) is 0 Å². The van der Waals surface area contributed by atoms with Crippen LogP contribution in [-0.2, 0) is 4.79 Å². The molecule has 0 aliphatic carbocycles. The Balaban J connectivity index is 2.46. The van der Waals surface area contributed by atoms with Crippen molar-refractivity contribution in [3.63, 3.8) is 0 Å². The van der Waals surface area contributed by atoms with Gasteiger partial charge in [-0.3, -0.25) is 4.79 Å². The summed E-state index contributed by atoms with van der Waals surface area (Å²) in [6.45, 7) is 7.70. The average molecular weight is 298 g/mol. The molecule has 1 aliphatic heterocycles. The van der Waals surface area contributed by atoms with Gasteiger partial charge in [0.15, 0.2) is 0 Å². The lowest BCUT2D eigenvalue weighted by Crippen LogP contribution is -2.52. The first-order valence-electron chi connectivity index (χ1n) is 8.19. The van der Waals surface area contributed by atoms with Crippen molar-refractivity contribution in [3.05, 3.63) is 0 Å². The fourth-order valence-electron chi connectivity index (χ4n) is 2.87. The van der Waals surface area contributed by atoms with Crippen molar-refractivity contribution in [1.29, 1.82) is 0 Å². The maximum Gasteiger partial charge on any atom is 0.317 e. The molecule has 0 radical (unpaired) electrons. The molecule has 1 fully saturated rings. The first-order valence-corrected chi connectivity index (χ1v) is 8.19. The van der Waals surface area contributed by atoms with Gasteiger partial charge in [0.2, 0.25) is 0 Å². The summed E-state index contributed by atoms with van der Waals surface area (Å²) in [6.07, 6.45) is 5.96. The van der Waals surface area contributed by atoms with Crippen LogP contribution in [0, 0.1) is 11.3 Å². The molecule has 5 heteroatoms. The van der Waals surface area contributed by atoms with Gasteiger partial charge in [0, 0.05) is 19.6 Å². The highest BCUT2D eigenvalue weighted by atomic mass is 16.4. The van der Waals surface area contributed by atoms with E-state index >= 15 is 0 Å². The van der Waals surface area contributed by atoms with Crippen molar-refractivity contribution in [2.75, 3.05) is 19.6 Å². The second kappa shape index (κ2) is 8.25. The molecule has 1 aliphatic rings. The highest BCUT2D eigenvalue weighted by Gasteiger charge is 2.39. The van der Waals surface area contributed by atoms with Crippen molar-refractivity contribution in [3.8, 4) is 0 Å². The molecule has 122 valence electrons. The third kappa shape index (κ3) is 5.21. The summed E-state index contributed by atoms with van der Waals surface area (Å²) in [5.41, 5.74) is -0.804. The molecule has 0 saturated carbocycles. The second-order valence-electron chi connectivity index (χ2n) is 6.49. The molecule has 0 spiro atoms. The molecule has 0 aromatic rings. The van der Waals surface area contributed by atoms with Crippen molar-refractivity contribution < 1.29 is 14.7 Å². The van der Waals surface area contributed by atoms with E-state index in [1.807, 2.05) is 0 Å². The molecule has 2 unspecified atom stereocenters. The van der Waals surface area contributed by atoms with Gasteiger partial charge in [-0.1, -0.05) is 33.1 Å². The largest absolute Gasteiger partial charge is 0.481 e. The number of carbonyl (C=O) groups is 2. The number of hydrogen-bond acceptors (Lipinski definition) is 2. The van der Waals surface area contributed by atoms with Crippen LogP contribution in [0.1, 0.15) is 59.3 Å². The van der Waals surface area contributed by atoms with E-state index in [-0.39, 0.29) is 6.03 Å². The Morgan fingerprint density at radius 1 is 1.38 bits per heavy atom. The number of rotatable bonds is 7. The highest BCUT2D eigenvalue weighted by molar-refractivity contribution is 5.78. The van der Waals surface area contributed by atoms with Crippen molar-refractivity contribution in [2.24, 2.45) is 11.3 Å². The first kappa shape index (κ1) is 17.8. The van der Waals surface area contributed by atoms with E-state index in [1.54, 1.807) is 11.8 Å². The maximum absolute atomic E-state index is 12.2. The predicted molar refractivity (Wildman–Crippen MR) is 83.3 cm³/mol. The number of unbranched alkanes of at least 4 members (excludes halogenated alkanes) is 1. The Labute approximate surface area is 128 Å². The topological polar surface area (TPSA) is 69.6 Å². The van der Waals surface area contributed by atoms with Gasteiger partial charge in [0.05, 0.1) is 5.41 Å². The van der Waals surface area contributed by atoms with Gasteiger partial charge in [-0.2, -0.15) is 0 Å². The van der Waals surface area contributed by atoms with Crippen LogP contribution in [0.25, 0.3) is 0 Å². The van der Waals surface area contributed by atoms with Gasteiger partial charge in [-0.15, -0.1) is 0 Å². The van der Waals surface area contributed by atoms with Gasteiger partial charge in [-0.25, -0.2) is 4.79 Å². The van der Waals surface area contributed by atoms with Crippen LogP contribution in [0.5, 0.6) is 0 Å². The van der Waals surface area contributed by atoms with Gasteiger partial charge < -0.3 is 15.3 Å². The van der Waals surface area contributed by atoms with Crippen molar-refractivity contribution in [1.82, 2.24) is 10.2 Å². The zero-order valence-electron chi connectivity index (χ0n) is 13.7. The molecule has 1 saturated heterocycles. The number of likely N-dealkylation sites (tertiary alicyclic amines) is 1. The van der Waals surface area contributed by atoms with Crippen molar-refractivity contribution >= 4 is 12.0 Å². The first-order chi connectivity index (χ1) is 9.92. The summed E-state index contributed by atoms with van der Waals surface area (Å²) in [6, 6.07) is -0.114. The lowest BCUT2D eigenvalue weighted by Gasteiger charge is -2.37. The zero-order valence-corrected chi connectivity index (χ0v) is 13.7. The minimum Gasteiger partial charge on any atom is -0.481 e. The quantitative estimate of drug-likeness (QED) is 0.758. The summed E-state index contributed by atoms with van der Waals surface area (Å²) < 4.78 is 0. The van der Waals surface area contributed by atoms with E-state index in [0.29, 0.717) is 32.0 Å². The molecule has 0 bridgehead atoms. The van der Waals surface area contributed by atoms with E-state index in [9.17, 15) is 14.7 Å². The fraction of sp³-hybridized carbons (Fsp3) is 0.875. The van der Waals surface area contributed by atoms with E-state index in [2.05, 4.69) is 19.2 Å². The Morgan fingerprint density at radius 3 is 2.67 bits per heavy atom. The van der Waals surface area contributed by atoms with Crippen LogP contribution in [-0.4, -0.2) is 41.6 Å². The molecule has 2 atom stereocenters. The molecule has 21 heavy (non-hydrogen) atoms. The monoisotopic (exact) mass is 298 g/mol. The normalized spacial score (nSPS) is 23.7. The zero-order chi connectivity index (χ0) is 15.9. The lowest BCUT2D eigenvalue weighted by atomic mass is 9.82. The molecule has 5 nitrogen and oxygen atoms in total. The molecule has 2 amide bonds.